The fourth-order valence-corrected chi connectivity index (χ4v) is 4.35. The summed E-state index contributed by atoms with van der Waals surface area (Å²) in [5, 5.41) is 20.8. The number of aromatic hydroxyl groups is 1. The standard InChI is InChI=1S/C24H23N3O5/c28-20-7-6-17-22(29)21(12-15-13-25-19-5-2-1-4-16(15)19)32-23(17)18(20)14-26-8-3-9-27(11-10-26)24(30)31/h1-2,4-7,12-13,25,28H,3,8-11,14H2,(H,30,31)/b21-12-. The molecule has 1 saturated heterocycles. The second-order valence-corrected chi connectivity index (χ2v) is 8.07. The molecule has 0 atom stereocenters. The Bertz CT molecular complexity index is 1250. The van der Waals surface area contributed by atoms with Gasteiger partial charge in [0.1, 0.15) is 11.5 Å². The topological polar surface area (TPSA) is 106 Å². The fourth-order valence-electron chi connectivity index (χ4n) is 4.35. The van der Waals surface area contributed by atoms with E-state index in [1.807, 2.05) is 30.5 Å². The molecular formula is C24H23N3O5. The minimum Gasteiger partial charge on any atom is -0.507 e. The highest BCUT2D eigenvalue weighted by atomic mass is 16.5. The molecular weight excluding hydrogens is 410 g/mol. The number of aromatic amines is 1. The van der Waals surface area contributed by atoms with E-state index in [4.69, 9.17) is 4.74 Å². The van der Waals surface area contributed by atoms with Crippen LogP contribution in [0.1, 0.15) is 27.9 Å². The van der Waals surface area contributed by atoms with Gasteiger partial charge in [-0.1, -0.05) is 18.2 Å². The molecule has 164 valence electrons. The number of ketones is 1. The van der Waals surface area contributed by atoms with Crippen molar-refractivity contribution in [3.05, 3.63) is 65.0 Å². The molecule has 1 aromatic heterocycles. The van der Waals surface area contributed by atoms with Crippen molar-refractivity contribution >= 4 is 28.9 Å². The number of hydrogen-bond acceptors (Lipinski definition) is 5. The number of carbonyl (C=O) groups excluding carboxylic acids is 1. The first-order valence-corrected chi connectivity index (χ1v) is 10.6. The van der Waals surface area contributed by atoms with Crippen LogP contribution in [-0.2, 0) is 6.54 Å². The van der Waals surface area contributed by atoms with Crippen molar-refractivity contribution in [2.75, 3.05) is 26.2 Å². The number of Topliss-reactive ketones (excluding diaryl/α,β-unsaturated/α-hetero) is 1. The number of H-pyrrole nitrogens is 1. The maximum Gasteiger partial charge on any atom is 0.407 e. The Morgan fingerprint density at radius 1 is 1.12 bits per heavy atom. The molecule has 2 aliphatic rings. The van der Waals surface area contributed by atoms with Gasteiger partial charge in [-0.3, -0.25) is 9.69 Å². The number of benzene rings is 2. The summed E-state index contributed by atoms with van der Waals surface area (Å²) >= 11 is 0. The predicted octanol–water partition coefficient (Wildman–Crippen LogP) is 3.68. The van der Waals surface area contributed by atoms with Gasteiger partial charge in [0.15, 0.2) is 5.76 Å². The second-order valence-electron chi connectivity index (χ2n) is 8.07. The Balaban J connectivity index is 1.42. The van der Waals surface area contributed by atoms with Gasteiger partial charge in [-0.2, -0.15) is 0 Å². The van der Waals surface area contributed by atoms with E-state index in [0.29, 0.717) is 56.0 Å². The lowest BCUT2D eigenvalue weighted by Gasteiger charge is -2.21. The normalized spacial score (nSPS) is 18.1. The van der Waals surface area contributed by atoms with Crippen LogP contribution in [0.25, 0.3) is 17.0 Å². The molecule has 3 aromatic rings. The van der Waals surface area contributed by atoms with E-state index in [0.717, 1.165) is 16.5 Å². The first-order chi connectivity index (χ1) is 15.5. The van der Waals surface area contributed by atoms with Gasteiger partial charge in [-0.25, -0.2) is 4.79 Å². The second kappa shape index (κ2) is 8.05. The summed E-state index contributed by atoms with van der Waals surface area (Å²) < 4.78 is 5.99. The molecule has 3 N–H and O–H groups in total. The van der Waals surface area contributed by atoms with Crippen LogP contribution in [0.4, 0.5) is 4.79 Å². The number of para-hydroxylation sites is 1. The van der Waals surface area contributed by atoms with Crippen molar-refractivity contribution in [3.8, 4) is 11.5 Å². The third-order valence-corrected chi connectivity index (χ3v) is 6.06. The summed E-state index contributed by atoms with van der Waals surface area (Å²) in [6, 6.07) is 10.9. The average molecular weight is 433 g/mol. The number of aromatic nitrogens is 1. The molecule has 0 radical (unpaired) electrons. The van der Waals surface area contributed by atoms with Crippen LogP contribution in [0.5, 0.6) is 11.5 Å². The van der Waals surface area contributed by atoms with E-state index >= 15 is 0 Å². The highest BCUT2D eigenvalue weighted by Crippen LogP contribution is 2.40. The number of hydrogen-bond donors (Lipinski definition) is 3. The molecule has 1 amide bonds. The van der Waals surface area contributed by atoms with Crippen LogP contribution in [0, 0.1) is 0 Å². The summed E-state index contributed by atoms with van der Waals surface area (Å²) in [5.41, 5.74) is 2.79. The summed E-state index contributed by atoms with van der Waals surface area (Å²) in [6.07, 6.45) is 3.34. The SMILES string of the molecule is O=C1/C(=C/c2c[nH]c3ccccc23)Oc2c1ccc(O)c2CN1CCCN(C(=O)O)CC1. The van der Waals surface area contributed by atoms with Crippen molar-refractivity contribution in [2.45, 2.75) is 13.0 Å². The average Bonchev–Trinajstić information content (AvgIpc) is 3.22. The number of carbonyl (C=O) groups is 2. The Labute approximate surface area is 184 Å². The zero-order valence-electron chi connectivity index (χ0n) is 17.4. The zero-order chi connectivity index (χ0) is 22.2. The molecule has 8 heteroatoms. The first-order valence-electron chi connectivity index (χ1n) is 10.6. The van der Waals surface area contributed by atoms with Gasteiger partial charge >= 0.3 is 6.09 Å². The number of phenolic OH excluding ortho intramolecular Hbond substituents is 1. The fraction of sp³-hybridized carbons (Fsp3) is 0.250. The van der Waals surface area contributed by atoms with Gasteiger partial charge in [-0.05, 0) is 30.7 Å². The van der Waals surface area contributed by atoms with Crippen LogP contribution in [0.15, 0.2) is 48.4 Å². The van der Waals surface area contributed by atoms with E-state index in [1.165, 1.54) is 11.0 Å². The minimum atomic E-state index is -0.920. The Morgan fingerprint density at radius 2 is 1.97 bits per heavy atom. The highest BCUT2D eigenvalue weighted by molar-refractivity contribution is 6.15. The molecule has 2 aromatic carbocycles. The summed E-state index contributed by atoms with van der Waals surface area (Å²) in [6.45, 7) is 2.49. The van der Waals surface area contributed by atoms with Crippen LogP contribution < -0.4 is 4.74 Å². The molecule has 0 spiro atoms. The maximum absolute atomic E-state index is 13.0. The van der Waals surface area contributed by atoms with Crippen LogP contribution >= 0.6 is 0 Å². The van der Waals surface area contributed by atoms with Crippen molar-refractivity contribution in [1.29, 1.82) is 0 Å². The van der Waals surface area contributed by atoms with Crippen molar-refractivity contribution in [1.82, 2.24) is 14.8 Å². The smallest absolute Gasteiger partial charge is 0.407 e. The largest absolute Gasteiger partial charge is 0.507 e. The van der Waals surface area contributed by atoms with Gasteiger partial charge in [0.25, 0.3) is 0 Å². The van der Waals surface area contributed by atoms with E-state index in [2.05, 4.69) is 9.88 Å². The molecule has 0 aliphatic carbocycles. The molecule has 32 heavy (non-hydrogen) atoms. The van der Waals surface area contributed by atoms with Gasteiger partial charge in [-0.15, -0.1) is 0 Å². The molecule has 3 heterocycles. The van der Waals surface area contributed by atoms with Crippen LogP contribution in [-0.4, -0.2) is 63.1 Å². The van der Waals surface area contributed by atoms with Crippen molar-refractivity contribution < 1.29 is 24.5 Å². The van der Waals surface area contributed by atoms with E-state index in [9.17, 15) is 19.8 Å². The van der Waals surface area contributed by atoms with Gasteiger partial charge < -0.3 is 24.8 Å². The Morgan fingerprint density at radius 3 is 2.81 bits per heavy atom. The molecule has 5 rings (SSSR count). The number of ether oxygens (including phenoxy) is 1. The Hall–Kier alpha value is -3.78. The summed E-state index contributed by atoms with van der Waals surface area (Å²) in [4.78, 5) is 30.9. The minimum absolute atomic E-state index is 0.0595. The number of fused-ring (bicyclic) bond motifs is 2. The number of nitrogens with one attached hydrogen (secondary N) is 1. The van der Waals surface area contributed by atoms with E-state index < -0.39 is 6.09 Å². The maximum atomic E-state index is 13.0. The zero-order valence-corrected chi connectivity index (χ0v) is 17.4. The molecule has 0 saturated carbocycles. The highest BCUT2D eigenvalue weighted by Gasteiger charge is 2.32. The number of amides is 1. The molecule has 2 aliphatic heterocycles. The number of phenols is 1. The third kappa shape index (κ3) is 3.58. The van der Waals surface area contributed by atoms with Gasteiger partial charge in [0, 0.05) is 55.4 Å². The van der Waals surface area contributed by atoms with Gasteiger partial charge in [0.05, 0.1) is 11.1 Å². The lowest BCUT2D eigenvalue weighted by Crippen LogP contribution is -2.33. The van der Waals surface area contributed by atoms with Crippen molar-refractivity contribution in [2.24, 2.45) is 0 Å². The lowest BCUT2D eigenvalue weighted by molar-refractivity contribution is 0.101. The molecule has 0 bridgehead atoms. The monoisotopic (exact) mass is 433 g/mol. The summed E-state index contributed by atoms with van der Waals surface area (Å²) in [5.74, 6) is 0.425. The molecule has 1 fully saturated rings. The quantitative estimate of drug-likeness (QED) is 0.544. The van der Waals surface area contributed by atoms with Crippen LogP contribution in [0.3, 0.4) is 0 Å². The summed E-state index contributed by atoms with van der Waals surface area (Å²) in [7, 11) is 0. The lowest BCUT2D eigenvalue weighted by atomic mass is 10.0. The molecule has 0 unspecified atom stereocenters. The number of rotatable bonds is 3. The Kier molecular flexibility index (Phi) is 5.07. The third-order valence-electron chi connectivity index (χ3n) is 6.06. The van der Waals surface area contributed by atoms with E-state index in [-0.39, 0.29) is 17.3 Å². The number of nitrogens with zero attached hydrogens (tertiary/aromatic N) is 2. The van der Waals surface area contributed by atoms with Gasteiger partial charge in [0.2, 0.25) is 5.78 Å². The number of carboxylic acid groups (broad SMARTS) is 1. The predicted molar refractivity (Wildman–Crippen MR) is 119 cm³/mol. The van der Waals surface area contributed by atoms with Crippen LogP contribution in [0.2, 0.25) is 0 Å². The first kappa shape index (κ1) is 20.1. The molecule has 8 nitrogen and oxygen atoms in total. The number of allylic oxidation sites excluding steroid dienone is 1. The van der Waals surface area contributed by atoms with E-state index in [1.54, 1.807) is 12.1 Å². The van der Waals surface area contributed by atoms with Crippen molar-refractivity contribution in [3.63, 3.8) is 0 Å².